The van der Waals surface area contributed by atoms with Crippen molar-refractivity contribution in [1.29, 1.82) is 0 Å². The lowest BCUT2D eigenvalue weighted by molar-refractivity contribution is -0.115. The number of halogens is 3. The van der Waals surface area contributed by atoms with Gasteiger partial charge in [0.25, 0.3) is 0 Å². The van der Waals surface area contributed by atoms with Crippen molar-refractivity contribution in [2.75, 3.05) is 29.3 Å². The Morgan fingerprint density at radius 3 is 2.49 bits per heavy atom. The molecule has 3 aromatic rings. The number of ether oxygens (including phenoxy) is 3. The summed E-state index contributed by atoms with van der Waals surface area (Å²) in [4.78, 5) is 24.3. The van der Waals surface area contributed by atoms with Crippen LogP contribution in [-0.4, -0.2) is 42.6 Å². The summed E-state index contributed by atoms with van der Waals surface area (Å²) in [6.45, 7) is 0.0409. The number of nitrogens with zero attached hydrogens (tertiary/aromatic N) is 4. The van der Waals surface area contributed by atoms with Crippen LogP contribution in [-0.2, 0) is 22.5 Å². The van der Waals surface area contributed by atoms with Crippen LogP contribution in [0.5, 0.6) is 11.5 Å². The molecule has 9 nitrogen and oxygen atoms in total. The third-order valence-corrected chi connectivity index (χ3v) is 6.43. The monoisotopic (exact) mass is 501 g/mol. The van der Waals surface area contributed by atoms with E-state index in [1.165, 1.54) is 25.3 Å². The second kappa shape index (κ2) is 7.92. The summed E-state index contributed by atoms with van der Waals surface area (Å²) in [6.07, 6.45) is 1.79. The number of benzene rings is 1. The Labute approximate surface area is 203 Å². The van der Waals surface area contributed by atoms with Gasteiger partial charge in [-0.1, -0.05) is 11.6 Å². The summed E-state index contributed by atoms with van der Waals surface area (Å²) in [7, 11) is 2.58. The highest BCUT2D eigenvalue weighted by Gasteiger charge is 2.54. The van der Waals surface area contributed by atoms with Crippen LogP contribution in [0.25, 0.3) is 0 Å². The lowest BCUT2D eigenvalue weighted by Crippen LogP contribution is -2.31. The van der Waals surface area contributed by atoms with Gasteiger partial charge in [-0.3, -0.25) is 9.69 Å². The number of aromatic nitrogens is 2. The molecule has 12 heteroatoms. The highest BCUT2D eigenvalue weighted by molar-refractivity contribution is 6.30. The molecule has 1 N–H and O–H groups in total. The molecule has 5 heterocycles. The van der Waals surface area contributed by atoms with Crippen molar-refractivity contribution >= 4 is 40.5 Å². The first-order valence-electron chi connectivity index (χ1n) is 10.6. The van der Waals surface area contributed by atoms with Gasteiger partial charge < -0.3 is 24.4 Å². The van der Waals surface area contributed by atoms with Crippen LogP contribution < -0.4 is 24.6 Å². The minimum atomic E-state index is -0.884. The van der Waals surface area contributed by atoms with Gasteiger partial charge in [0, 0.05) is 36.1 Å². The summed E-state index contributed by atoms with van der Waals surface area (Å²) < 4.78 is 47.1. The largest absolute Gasteiger partial charge is 0.493 e. The van der Waals surface area contributed by atoms with E-state index in [1.54, 1.807) is 18.3 Å². The Bertz CT molecular complexity index is 1350. The van der Waals surface area contributed by atoms with Gasteiger partial charge in [0.05, 0.1) is 31.4 Å². The average Bonchev–Trinajstić information content (AvgIpc) is 3.55. The fourth-order valence-corrected chi connectivity index (χ4v) is 4.73. The zero-order valence-electron chi connectivity index (χ0n) is 18.5. The Balaban J connectivity index is 1.55. The maximum Gasteiger partial charge on any atom is 0.230 e. The number of anilines is 4. The lowest BCUT2D eigenvalue weighted by atomic mass is 10.1. The van der Waals surface area contributed by atoms with Gasteiger partial charge in [-0.25, -0.2) is 18.7 Å². The molecular formula is C23H18ClF2N5O4. The molecule has 6 rings (SSSR count). The maximum absolute atomic E-state index is 15.4. The van der Waals surface area contributed by atoms with Gasteiger partial charge in [-0.05, 0) is 12.1 Å². The number of amides is 1. The van der Waals surface area contributed by atoms with E-state index in [9.17, 15) is 4.79 Å². The highest BCUT2D eigenvalue weighted by atomic mass is 35.5. The van der Waals surface area contributed by atoms with E-state index in [0.29, 0.717) is 33.5 Å². The van der Waals surface area contributed by atoms with Crippen LogP contribution in [0.3, 0.4) is 0 Å². The fourth-order valence-electron chi connectivity index (χ4n) is 4.62. The van der Waals surface area contributed by atoms with E-state index in [-0.39, 0.29) is 36.1 Å². The molecule has 0 saturated carbocycles. The normalized spacial score (nSPS) is 20.0. The van der Waals surface area contributed by atoms with Crippen LogP contribution in [0, 0.1) is 11.6 Å². The first-order valence-corrected chi connectivity index (χ1v) is 11.0. The topological polar surface area (TPSA) is 92.4 Å². The van der Waals surface area contributed by atoms with E-state index in [2.05, 4.69) is 15.3 Å². The Hall–Kier alpha value is -3.70. The first-order chi connectivity index (χ1) is 16.9. The number of carbonyl (C=O) groups is 1. The van der Waals surface area contributed by atoms with E-state index in [4.69, 9.17) is 25.8 Å². The minimum absolute atomic E-state index is 0.0409. The molecule has 1 fully saturated rings. The first kappa shape index (κ1) is 21.8. The lowest BCUT2D eigenvalue weighted by Gasteiger charge is -2.26. The molecule has 1 amide bonds. The number of nitrogens with one attached hydrogen (secondary N) is 1. The summed E-state index contributed by atoms with van der Waals surface area (Å²) in [5.41, 5.74) is 1.59. The van der Waals surface area contributed by atoms with E-state index in [1.807, 2.05) is 4.90 Å². The van der Waals surface area contributed by atoms with Crippen molar-refractivity contribution in [2.45, 2.75) is 25.4 Å². The average molecular weight is 502 g/mol. The second-order valence-corrected chi connectivity index (χ2v) is 8.63. The molecule has 0 bridgehead atoms. The molecule has 3 aliphatic heterocycles. The molecule has 2 atom stereocenters. The van der Waals surface area contributed by atoms with E-state index >= 15 is 8.78 Å². The van der Waals surface area contributed by atoms with Gasteiger partial charge in [0.2, 0.25) is 5.91 Å². The highest BCUT2D eigenvalue weighted by Crippen LogP contribution is 2.50. The minimum Gasteiger partial charge on any atom is -0.493 e. The molecule has 0 spiro atoms. The Morgan fingerprint density at radius 1 is 1.09 bits per heavy atom. The summed E-state index contributed by atoms with van der Waals surface area (Å²) >= 11 is 6.05. The van der Waals surface area contributed by atoms with Gasteiger partial charge >= 0.3 is 0 Å². The van der Waals surface area contributed by atoms with Gasteiger partial charge in [-0.2, -0.15) is 0 Å². The zero-order chi connectivity index (χ0) is 24.4. The Morgan fingerprint density at radius 2 is 1.83 bits per heavy atom. The maximum atomic E-state index is 15.4. The van der Waals surface area contributed by atoms with Crippen molar-refractivity contribution in [1.82, 2.24) is 9.97 Å². The molecule has 0 radical (unpaired) electrons. The van der Waals surface area contributed by atoms with E-state index < -0.39 is 24.1 Å². The van der Waals surface area contributed by atoms with Gasteiger partial charge in [0.15, 0.2) is 35.6 Å². The van der Waals surface area contributed by atoms with Crippen molar-refractivity contribution in [3.05, 3.63) is 58.4 Å². The number of rotatable bonds is 4. The van der Waals surface area contributed by atoms with Crippen LogP contribution in [0.1, 0.15) is 11.1 Å². The molecule has 0 aliphatic carbocycles. The fraction of sp³-hybridized carbons (Fsp3) is 0.261. The third kappa shape index (κ3) is 3.34. The predicted molar refractivity (Wildman–Crippen MR) is 122 cm³/mol. The van der Waals surface area contributed by atoms with Crippen LogP contribution >= 0.6 is 11.6 Å². The van der Waals surface area contributed by atoms with Gasteiger partial charge in [-0.15, -0.1) is 0 Å². The number of fused-ring (bicyclic) bond motifs is 4. The number of pyridine rings is 2. The summed E-state index contributed by atoms with van der Waals surface area (Å²) in [5.74, 6) is -1.37. The molecule has 2 aromatic heterocycles. The van der Waals surface area contributed by atoms with Gasteiger partial charge in [0.1, 0.15) is 17.3 Å². The Kier molecular flexibility index (Phi) is 4.94. The quantitative estimate of drug-likeness (QED) is 0.540. The molecule has 180 valence electrons. The van der Waals surface area contributed by atoms with Crippen molar-refractivity contribution in [2.24, 2.45) is 0 Å². The van der Waals surface area contributed by atoms with Crippen molar-refractivity contribution in [3.8, 4) is 11.5 Å². The summed E-state index contributed by atoms with van der Waals surface area (Å²) in [6, 6.07) is 4.55. The smallest absolute Gasteiger partial charge is 0.230 e. The van der Waals surface area contributed by atoms with E-state index in [0.717, 1.165) is 6.07 Å². The molecule has 2 unspecified atom stereocenters. The van der Waals surface area contributed by atoms with Crippen molar-refractivity contribution in [3.63, 3.8) is 0 Å². The van der Waals surface area contributed by atoms with Crippen molar-refractivity contribution < 1.29 is 27.8 Å². The standard InChI is InChI=1S/C23H18ClF2N5O4/c1-33-13-6-14(34-2)18(26)20(17(13)25)30-9-10-7-28-21-12(5-16(32)29-21)19(10)31(23-22(30)35-23)15-4-3-11(24)8-27-15/h3-4,6-8,22-23H,5,9H2,1-2H3,(H,28,29,32). The molecule has 1 saturated heterocycles. The second-order valence-electron chi connectivity index (χ2n) is 8.19. The summed E-state index contributed by atoms with van der Waals surface area (Å²) in [5, 5.41) is 3.19. The number of epoxide rings is 1. The zero-order valence-corrected chi connectivity index (χ0v) is 19.3. The van der Waals surface area contributed by atoms with Crippen LogP contribution in [0.2, 0.25) is 5.02 Å². The molecule has 3 aliphatic rings. The number of carbonyl (C=O) groups excluding carboxylic acids is 1. The predicted octanol–water partition coefficient (Wildman–Crippen LogP) is 3.76. The number of hydrogen-bond donors (Lipinski definition) is 1. The van der Waals surface area contributed by atoms with Crippen LogP contribution in [0.4, 0.5) is 31.8 Å². The molecule has 35 heavy (non-hydrogen) atoms. The molecular weight excluding hydrogens is 484 g/mol. The number of methoxy groups -OCH3 is 2. The third-order valence-electron chi connectivity index (χ3n) is 6.21. The SMILES string of the molecule is COc1cc(OC)c(F)c(N2Cc3cnc4c(c3N(c3ccc(Cl)cn3)C3OC32)CC(=O)N4)c1F. The number of hydrogen-bond acceptors (Lipinski definition) is 8. The van der Waals surface area contributed by atoms with Crippen LogP contribution in [0.15, 0.2) is 30.6 Å². The molecule has 1 aromatic carbocycles.